The summed E-state index contributed by atoms with van der Waals surface area (Å²) in [7, 11) is 1.21. The fourth-order valence-electron chi connectivity index (χ4n) is 2.94. The first-order valence-corrected chi connectivity index (χ1v) is 10.7. The van der Waals surface area contributed by atoms with Crippen LogP contribution < -0.4 is 21.3 Å². The SMILES string of the molecule is COC(=O)[C@H](C)NC(=O)[C@H](CCCCNC(=O)Cc1cccnc1)NC(=O)[C@H](C)NC(C)=O. The molecule has 1 rings (SSSR count). The van der Waals surface area contributed by atoms with Crippen LogP contribution in [-0.2, 0) is 35.1 Å². The largest absolute Gasteiger partial charge is 0.467 e. The van der Waals surface area contributed by atoms with E-state index in [0.29, 0.717) is 19.4 Å². The predicted octanol–water partition coefficient (Wildman–Crippen LogP) is -0.402. The molecule has 0 aromatic carbocycles. The number of hydrogen-bond acceptors (Lipinski definition) is 7. The summed E-state index contributed by atoms with van der Waals surface area (Å²) in [5.74, 6) is -2.20. The molecule has 0 fully saturated rings. The molecule has 0 spiro atoms. The summed E-state index contributed by atoms with van der Waals surface area (Å²) in [4.78, 5) is 63.7. The first-order chi connectivity index (χ1) is 15.6. The highest BCUT2D eigenvalue weighted by Gasteiger charge is 2.26. The topological polar surface area (TPSA) is 156 Å². The van der Waals surface area contributed by atoms with Gasteiger partial charge in [0.15, 0.2) is 0 Å². The van der Waals surface area contributed by atoms with Gasteiger partial charge in [-0.1, -0.05) is 6.07 Å². The molecule has 0 saturated carbocycles. The average Bonchev–Trinajstić information content (AvgIpc) is 2.77. The van der Waals surface area contributed by atoms with E-state index in [-0.39, 0.29) is 24.7 Å². The number of carbonyl (C=O) groups excluding carboxylic acids is 5. The Hall–Kier alpha value is -3.50. The molecule has 4 N–H and O–H groups in total. The van der Waals surface area contributed by atoms with E-state index in [9.17, 15) is 24.0 Å². The van der Waals surface area contributed by atoms with Crippen molar-refractivity contribution in [2.75, 3.05) is 13.7 Å². The number of ether oxygens (including phenoxy) is 1. The third kappa shape index (κ3) is 11.1. The number of esters is 1. The Balaban J connectivity index is 2.57. The maximum Gasteiger partial charge on any atom is 0.328 e. The van der Waals surface area contributed by atoms with E-state index in [0.717, 1.165) is 5.56 Å². The van der Waals surface area contributed by atoms with Gasteiger partial charge in [0.25, 0.3) is 0 Å². The molecule has 0 bridgehead atoms. The maximum atomic E-state index is 12.6. The van der Waals surface area contributed by atoms with Crippen LogP contribution in [0, 0.1) is 0 Å². The van der Waals surface area contributed by atoms with Crippen molar-refractivity contribution in [1.29, 1.82) is 0 Å². The van der Waals surface area contributed by atoms with Crippen LogP contribution in [0.4, 0.5) is 0 Å². The van der Waals surface area contributed by atoms with Crippen LogP contribution in [0.5, 0.6) is 0 Å². The molecule has 3 atom stereocenters. The van der Waals surface area contributed by atoms with E-state index in [2.05, 4.69) is 31.0 Å². The number of unbranched alkanes of at least 4 members (excludes halogenated alkanes) is 1. The fourth-order valence-corrected chi connectivity index (χ4v) is 2.94. The highest BCUT2D eigenvalue weighted by Crippen LogP contribution is 2.04. The summed E-state index contributed by atoms with van der Waals surface area (Å²) >= 11 is 0. The zero-order valence-electron chi connectivity index (χ0n) is 19.5. The number of rotatable bonds is 13. The van der Waals surface area contributed by atoms with Gasteiger partial charge in [-0.05, 0) is 44.7 Å². The van der Waals surface area contributed by atoms with Crippen molar-refractivity contribution in [3.8, 4) is 0 Å². The maximum absolute atomic E-state index is 12.6. The van der Waals surface area contributed by atoms with Gasteiger partial charge in [0, 0.05) is 25.9 Å². The molecule has 0 aliphatic carbocycles. The summed E-state index contributed by atoms with van der Waals surface area (Å²) in [5.41, 5.74) is 0.808. The zero-order chi connectivity index (χ0) is 24.8. The van der Waals surface area contributed by atoms with Crippen LogP contribution in [0.15, 0.2) is 24.5 Å². The van der Waals surface area contributed by atoms with Crippen LogP contribution in [-0.4, -0.2) is 66.4 Å². The summed E-state index contributed by atoms with van der Waals surface area (Å²) in [6.45, 7) is 4.66. The predicted molar refractivity (Wildman–Crippen MR) is 120 cm³/mol. The third-order valence-electron chi connectivity index (χ3n) is 4.69. The van der Waals surface area contributed by atoms with Gasteiger partial charge in [0.05, 0.1) is 13.5 Å². The van der Waals surface area contributed by atoms with Crippen molar-refractivity contribution in [1.82, 2.24) is 26.3 Å². The minimum atomic E-state index is -0.924. The molecule has 0 unspecified atom stereocenters. The van der Waals surface area contributed by atoms with Gasteiger partial charge in [-0.15, -0.1) is 0 Å². The number of hydrogen-bond donors (Lipinski definition) is 4. The number of nitrogens with one attached hydrogen (secondary N) is 4. The lowest BCUT2D eigenvalue weighted by molar-refractivity contribution is -0.144. The normalized spacial score (nSPS) is 13.1. The molecule has 0 radical (unpaired) electrons. The van der Waals surface area contributed by atoms with Crippen molar-refractivity contribution >= 4 is 29.6 Å². The second-order valence-electron chi connectivity index (χ2n) is 7.62. The molecule has 11 heteroatoms. The molecule has 182 valence electrons. The van der Waals surface area contributed by atoms with Crippen LogP contribution in [0.3, 0.4) is 0 Å². The minimum Gasteiger partial charge on any atom is -0.467 e. The number of nitrogens with zero attached hydrogens (tertiary/aromatic N) is 1. The standard InChI is InChI=1S/C22H33N5O6/c1-14(25-16(3)28)20(30)27-18(21(31)26-15(2)22(32)33-4)9-5-6-11-24-19(29)12-17-8-7-10-23-13-17/h7-8,10,13-15,18H,5-6,9,11-12H2,1-4H3,(H,24,29)(H,25,28)(H,26,31)(H,27,30)/t14-,15-,18-/m0/s1. The second-order valence-corrected chi connectivity index (χ2v) is 7.62. The Morgan fingerprint density at radius 3 is 2.33 bits per heavy atom. The lowest BCUT2D eigenvalue weighted by Crippen LogP contribution is -2.54. The molecule has 0 aliphatic rings. The Morgan fingerprint density at radius 1 is 1.00 bits per heavy atom. The first kappa shape index (κ1) is 27.5. The van der Waals surface area contributed by atoms with E-state index in [1.54, 1.807) is 18.5 Å². The van der Waals surface area contributed by atoms with E-state index in [4.69, 9.17) is 0 Å². The number of methoxy groups -OCH3 is 1. The molecular formula is C22H33N5O6. The lowest BCUT2D eigenvalue weighted by atomic mass is 10.1. The van der Waals surface area contributed by atoms with Crippen molar-refractivity contribution in [3.63, 3.8) is 0 Å². The van der Waals surface area contributed by atoms with Crippen molar-refractivity contribution < 1.29 is 28.7 Å². The lowest BCUT2D eigenvalue weighted by Gasteiger charge is -2.22. The summed E-state index contributed by atoms with van der Waals surface area (Å²) in [6, 6.07) is 0.932. The van der Waals surface area contributed by atoms with Crippen molar-refractivity contribution in [3.05, 3.63) is 30.1 Å². The van der Waals surface area contributed by atoms with Crippen LogP contribution in [0.1, 0.15) is 45.6 Å². The van der Waals surface area contributed by atoms with E-state index >= 15 is 0 Å². The van der Waals surface area contributed by atoms with Gasteiger partial charge in [0.2, 0.25) is 23.6 Å². The van der Waals surface area contributed by atoms with E-state index in [1.807, 2.05) is 6.07 Å². The number of pyridine rings is 1. The summed E-state index contributed by atoms with van der Waals surface area (Å²) in [5, 5.41) is 10.4. The van der Waals surface area contributed by atoms with Gasteiger partial charge < -0.3 is 26.0 Å². The van der Waals surface area contributed by atoms with Crippen LogP contribution in [0.25, 0.3) is 0 Å². The van der Waals surface area contributed by atoms with Gasteiger partial charge in [-0.2, -0.15) is 0 Å². The molecule has 11 nitrogen and oxygen atoms in total. The van der Waals surface area contributed by atoms with Gasteiger partial charge in [0.1, 0.15) is 18.1 Å². The Labute approximate surface area is 193 Å². The van der Waals surface area contributed by atoms with Gasteiger partial charge >= 0.3 is 5.97 Å². The van der Waals surface area contributed by atoms with Crippen LogP contribution >= 0.6 is 0 Å². The minimum absolute atomic E-state index is 0.137. The summed E-state index contributed by atoms with van der Waals surface area (Å²) < 4.78 is 4.60. The monoisotopic (exact) mass is 463 g/mol. The fraction of sp³-hybridized carbons (Fsp3) is 0.545. The molecule has 33 heavy (non-hydrogen) atoms. The second kappa shape index (κ2) is 14.5. The number of carbonyl (C=O) groups is 5. The van der Waals surface area contributed by atoms with E-state index < -0.39 is 35.9 Å². The Morgan fingerprint density at radius 2 is 1.73 bits per heavy atom. The molecular weight excluding hydrogens is 430 g/mol. The van der Waals surface area contributed by atoms with E-state index in [1.165, 1.54) is 27.9 Å². The highest BCUT2D eigenvalue weighted by atomic mass is 16.5. The van der Waals surface area contributed by atoms with Gasteiger partial charge in [-0.3, -0.25) is 24.2 Å². The number of amides is 4. The molecule has 4 amide bonds. The Bertz CT molecular complexity index is 817. The molecule has 1 aromatic rings. The quantitative estimate of drug-likeness (QED) is 0.229. The molecule has 0 aliphatic heterocycles. The molecule has 0 saturated heterocycles. The Kier molecular flexibility index (Phi) is 12.1. The third-order valence-corrected chi connectivity index (χ3v) is 4.69. The van der Waals surface area contributed by atoms with Gasteiger partial charge in [-0.25, -0.2) is 4.79 Å². The highest BCUT2D eigenvalue weighted by molar-refractivity contribution is 5.93. The summed E-state index contributed by atoms with van der Waals surface area (Å²) in [6.07, 6.45) is 4.86. The zero-order valence-corrected chi connectivity index (χ0v) is 19.5. The van der Waals surface area contributed by atoms with Crippen molar-refractivity contribution in [2.45, 2.75) is 64.6 Å². The first-order valence-electron chi connectivity index (χ1n) is 10.7. The smallest absolute Gasteiger partial charge is 0.328 e. The molecule has 1 aromatic heterocycles. The van der Waals surface area contributed by atoms with Crippen LogP contribution in [0.2, 0.25) is 0 Å². The number of aromatic nitrogens is 1. The van der Waals surface area contributed by atoms with Crippen molar-refractivity contribution in [2.24, 2.45) is 0 Å². The molecule has 1 heterocycles. The average molecular weight is 464 g/mol.